The number of carbonyl (C=O) groups is 1. The van der Waals surface area contributed by atoms with Gasteiger partial charge in [0.25, 0.3) is 0 Å². The summed E-state index contributed by atoms with van der Waals surface area (Å²) in [5.41, 5.74) is 7.45. The molecule has 1 aromatic rings. The summed E-state index contributed by atoms with van der Waals surface area (Å²) < 4.78 is 0. The Bertz CT molecular complexity index is 428. The van der Waals surface area contributed by atoms with Crippen molar-refractivity contribution in [1.82, 2.24) is 4.90 Å². The van der Waals surface area contributed by atoms with Gasteiger partial charge in [-0.3, -0.25) is 0 Å². The van der Waals surface area contributed by atoms with Crippen LogP contribution in [0.2, 0.25) is 0 Å². The molecule has 2 rings (SSSR count). The van der Waals surface area contributed by atoms with Crippen molar-refractivity contribution in [3.05, 3.63) is 29.8 Å². The smallest absolute Gasteiger partial charge is 0.321 e. The fourth-order valence-corrected chi connectivity index (χ4v) is 2.44. The van der Waals surface area contributed by atoms with E-state index in [1.807, 2.05) is 29.2 Å². The second-order valence-electron chi connectivity index (χ2n) is 5.57. The molecule has 0 aliphatic carbocycles. The SMILES string of the molecule is CC(C)C1CCN(C(=O)Nc2ccc(CN)cc2)C1. The molecule has 1 heterocycles. The van der Waals surface area contributed by atoms with Crippen molar-refractivity contribution in [3.63, 3.8) is 0 Å². The monoisotopic (exact) mass is 261 g/mol. The average Bonchev–Trinajstić information content (AvgIpc) is 2.89. The number of rotatable bonds is 3. The van der Waals surface area contributed by atoms with Gasteiger partial charge in [-0.1, -0.05) is 26.0 Å². The van der Waals surface area contributed by atoms with Gasteiger partial charge in [0.05, 0.1) is 0 Å². The Labute approximate surface area is 115 Å². The van der Waals surface area contributed by atoms with Gasteiger partial charge >= 0.3 is 6.03 Å². The Morgan fingerprint density at radius 1 is 1.42 bits per heavy atom. The molecule has 2 amide bonds. The molecular weight excluding hydrogens is 238 g/mol. The summed E-state index contributed by atoms with van der Waals surface area (Å²) in [4.78, 5) is 14.0. The first-order chi connectivity index (χ1) is 9.10. The van der Waals surface area contributed by atoms with Gasteiger partial charge in [-0.05, 0) is 36.0 Å². The van der Waals surface area contributed by atoms with Crippen LogP contribution in [0.5, 0.6) is 0 Å². The zero-order valence-corrected chi connectivity index (χ0v) is 11.7. The first-order valence-corrected chi connectivity index (χ1v) is 6.95. The summed E-state index contributed by atoms with van der Waals surface area (Å²) in [5, 5.41) is 2.94. The Hall–Kier alpha value is -1.55. The molecule has 1 fully saturated rings. The number of urea groups is 1. The fourth-order valence-electron chi connectivity index (χ4n) is 2.44. The normalized spacial score (nSPS) is 18.9. The first kappa shape index (κ1) is 13.9. The van der Waals surface area contributed by atoms with Crippen LogP contribution in [0.25, 0.3) is 0 Å². The van der Waals surface area contributed by atoms with Crippen LogP contribution in [0.1, 0.15) is 25.8 Å². The summed E-state index contributed by atoms with van der Waals surface area (Å²) in [6.07, 6.45) is 1.11. The van der Waals surface area contributed by atoms with E-state index in [0.717, 1.165) is 30.8 Å². The van der Waals surface area contributed by atoms with Crippen LogP contribution in [0.4, 0.5) is 10.5 Å². The van der Waals surface area contributed by atoms with Gasteiger partial charge in [0.15, 0.2) is 0 Å². The van der Waals surface area contributed by atoms with Gasteiger partial charge in [0.1, 0.15) is 0 Å². The van der Waals surface area contributed by atoms with E-state index in [9.17, 15) is 4.79 Å². The quantitative estimate of drug-likeness (QED) is 0.878. The van der Waals surface area contributed by atoms with E-state index in [1.54, 1.807) is 0 Å². The molecule has 4 heteroatoms. The minimum absolute atomic E-state index is 0.00338. The molecule has 0 radical (unpaired) electrons. The zero-order chi connectivity index (χ0) is 13.8. The minimum atomic E-state index is 0.00338. The third-order valence-electron chi connectivity index (χ3n) is 3.90. The molecule has 0 bridgehead atoms. The van der Waals surface area contributed by atoms with Crippen LogP contribution in [0.3, 0.4) is 0 Å². The largest absolute Gasteiger partial charge is 0.326 e. The highest BCUT2D eigenvalue weighted by atomic mass is 16.2. The average molecular weight is 261 g/mol. The second kappa shape index (κ2) is 6.06. The summed E-state index contributed by atoms with van der Waals surface area (Å²) in [5.74, 6) is 1.27. The van der Waals surface area contributed by atoms with Gasteiger partial charge in [-0.25, -0.2) is 4.79 Å². The lowest BCUT2D eigenvalue weighted by atomic mass is 9.95. The molecule has 104 valence electrons. The third kappa shape index (κ3) is 3.47. The van der Waals surface area contributed by atoms with Gasteiger partial charge in [-0.2, -0.15) is 0 Å². The number of hydrogen-bond donors (Lipinski definition) is 2. The number of nitrogens with zero attached hydrogens (tertiary/aromatic N) is 1. The molecule has 1 atom stereocenters. The van der Waals surface area contributed by atoms with Crippen molar-refractivity contribution in [2.24, 2.45) is 17.6 Å². The van der Waals surface area contributed by atoms with Gasteiger partial charge < -0.3 is 16.0 Å². The van der Waals surface area contributed by atoms with Gasteiger partial charge in [0.2, 0.25) is 0 Å². The highest BCUT2D eigenvalue weighted by molar-refractivity contribution is 5.89. The van der Waals surface area contributed by atoms with Crippen LogP contribution in [-0.2, 0) is 6.54 Å². The zero-order valence-electron chi connectivity index (χ0n) is 11.7. The van der Waals surface area contributed by atoms with E-state index < -0.39 is 0 Å². The van der Waals surface area contributed by atoms with E-state index in [0.29, 0.717) is 18.4 Å². The van der Waals surface area contributed by atoms with Crippen molar-refractivity contribution in [1.29, 1.82) is 0 Å². The maximum Gasteiger partial charge on any atom is 0.321 e. The van der Waals surface area contributed by atoms with Crippen LogP contribution in [0.15, 0.2) is 24.3 Å². The number of benzene rings is 1. The molecular formula is C15H23N3O. The Morgan fingerprint density at radius 2 is 2.11 bits per heavy atom. The van der Waals surface area contributed by atoms with Gasteiger partial charge in [0, 0.05) is 25.3 Å². The van der Waals surface area contributed by atoms with Crippen LogP contribution in [-0.4, -0.2) is 24.0 Å². The molecule has 3 N–H and O–H groups in total. The number of amides is 2. The Kier molecular flexibility index (Phi) is 4.43. The topological polar surface area (TPSA) is 58.4 Å². The van der Waals surface area contributed by atoms with Crippen molar-refractivity contribution in [2.45, 2.75) is 26.8 Å². The number of nitrogens with two attached hydrogens (primary N) is 1. The molecule has 1 unspecified atom stereocenters. The lowest BCUT2D eigenvalue weighted by Crippen LogP contribution is -2.33. The summed E-state index contributed by atoms with van der Waals surface area (Å²) in [6, 6.07) is 7.68. The van der Waals surface area contributed by atoms with Crippen LogP contribution < -0.4 is 11.1 Å². The Morgan fingerprint density at radius 3 is 2.63 bits per heavy atom. The number of carbonyl (C=O) groups excluding carboxylic acids is 1. The van der Waals surface area contributed by atoms with Gasteiger partial charge in [-0.15, -0.1) is 0 Å². The van der Waals surface area contributed by atoms with Crippen LogP contribution in [0, 0.1) is 11.8 Å². The molecule has 4 nitrogen and oxygen atoms in total. The Balaban J connectivity index is 1.90. The highest BCUT2D eigenvalue weighted by Crippen LogP contribution is 2.24. The highest BCUT2D eigenvalue weighted by Gasteiger charge is 2.27. The summed E-state index contributed by atoms with van der Waals surface area (Å²) in [6.45, 7) is 6.69. The van der Waals surface area contributed by atoms with Crippen LogP contribution >= 0.6 is 0 Å². The van der Waals surface area contributed by atoms with Crippen molar-refractivity contribution in [2.75, 3.05) is 18.4 Å². The molecule has 1 aliphatic heterocycles. The fraction of sp³-hybridized carbons (Fsp3) is 0.533. The maximum absolute atomic E-state index is 12.1. The molecule has 1 aliphatic rings. The van der Waals surface area contributed by atoms with Crippen molar-refractivity contribution in [3.8, 4) is 0 Å². The number of anilines is 1. The predicted molar refractivity (Wildman–Crippen MR) is 77.9 cm³/mol. The molecule has 19 heavy (non-hydrogen) atoms. The maximum atomic E-state index is 12.1. The van der Waals surface area contributed by atoms with Crippen molar-refractivity contribution < 1.29 is 4.79 Å². The lowest BCUT2D eigenvalue weighted by Gasteiger charge is -2.18. The third-order valence-corrected chi connectivity index (χ3v) is 3.90. The predicted octanol–water partition coefficient (Wildman–Crippen LogP) is 2.66. The first-order valence-electron chi connectivity index (χ1n) is 6.95. The summed E-state index contributed by atoms with van der Waals surface area (Å²) in [7, 11) is 0. The van der Waals surface area contributed by atoms with E-state index in [4.69, 9.17) is 5.73 Å². The van der Waals surface area contributed by atoms with E-state index in [1.165, 1.54) is 0 Å². The molecule has 0 saturated carbocycles. The standard InChI is InChI=1S/C15H23N3O/c1-11(2)13-7-8-18(10-13)15(19)17-14-5-3-12(9-16)4-6-14/h3-6,11,13H,7-10,16H2,1-2H3,(H,17,19). The van der Waals surface area contributed by atoms with E-state index in [-0.39, 0.29) is 6.03 Å². The molecule has 1 saturated heterocycles. The van der Waals surface area contributed by atoms with E-state index in [2.05, 4.69) is 19.2 Å². The second-order valence-corrected chi connectivity index (χ2v) is 5.57. The number of hydrogen-bond acceptors (Lipinski definition) is 2. The molecule has 0 aromatic heterocycles. The molecule has 1 aromatic carbocycles. The number of likely N-dealkylation sites (tertiary alicyclic amines) is 1. The lowest BCUT2D eigenvalue weighted by molar-refractivity contribution is 0.219. The summed E-state index contributed by atoms with van der Waals surface area (Å²) >= 11 is 0. The minimum Gasteiger partial charge on any atom is -0.326 e. The number of nitrogens with one attached hydrogen (secondary N) is 1. The van der Waals surface area contributed by atoms with E-state index >= 15 is 0 Å². The van der Waals surface area contributed by atoms with Crippen molar-refractivity contribution >= 4 is 11.7 Å². The molecule has 0 spiro atoms.